The van der Waals surface area contributed by atoms with Crippen molar-refractivity contribution >= 4 is 5.97 Å². The molecule has 7 heteroatoms. The smallest absolute Gasteiger partial charge is 0.338 e. The van der Waals surface area contributed by atoms with Gasteiger partial charge in [0.1, 0.15) is 13.2 Å². The fourth-order valence-electron chi connectivity index (χ4n) is 1.69. The fourth-order valence-corrected chi connectivity index (χ4v) is 1.69. The van der Waals surface area contributed by atoms with Gasteiger partial charge in [-0.3, -0.25) is 0 Å². The van der Waals surface area contributed by atoms with E-state index in [0.717, 1.165) is 11.0 Å². The van der Waals surface area contributed by atoms with Crippen LogP contribution in [0.3, 0.4) is 0 Å². The predicted octanol–water partition coefficient (Wildman–Crippen LogP) is -1.42. The van der Waals surface area contributed by atoms with Crippen LogP contribution < -0.4 is 38.2 Å². The Kier molecular flexibility index (Phi) is 8.54. The summed E-state index contributed by atoms with van der Waals surface area (Å²) in [5.41, 5.74) is 0.367. The molecule has 0 spiro atoms. The lowest BCUT2D eigenvalue weighted by Gasteiger charge is -2.23. The number of quaternary nitrogens is 1. The van der Waals surface area contributed by atoms with Crippen LogP contribution in [0.5, 0.6) is 17.2 Å². The minimum atomic E-state index is -0.414. The summed E-state index contributed by atoms with van der Waals surface area (Å²) in [5, 5.41) is 0. The number of nitrogens with zero attached hydrogens (tertiary/aromatic N) is 1. The first-order valence-corrected chi connectivity index (χ1v) is 6.60. The highest BCUT2D eigenvalue weighted by atomic mass is 127. The molecule has 0 bridgehead atoms. The van der Waals surface area contributed by atoms with Crippen molar-refractivity contribution < 1.29 is 52.2 Å². The van der Waals surface area contributed by atoms with E-state index in [4.69, 9.17) is 18.9 Å². The first kappa shape index (κ1) is 20.8. The Balaban J connectivity index is 0.00000441. The van der Waals surface area contributed by atoms with E-state index in [0.29, 0.717) is 29.4 Å². The van der Waals surface area contributed by atoms with Crippen molar-refractivity contribution in [2.45, 2.75) is 0 Å². The van der Waals surface area contributed by atoms with Crippen molar-refractivity contribution in [1.29, 1.82) is 0 Å². The van der Waals surface area contributed by atoms with Crippen LogP contribution in [0.25, 0.3) is 0 Å². The zero-order valence-electron chi connectivity index (χ0n) is 13.9. The molecule has 0 aliphatic heterocycles. The molecule has 1 aromatic rings. The van der Waals surface area contributed by atoms with Crippen molar-refractivity contribution in [3.05, 3.63) is 17.7 Å². The van der Waals surface area contributed by atoms with Crippen molar-refractivity contribution in [2.24, 2.45) is 0 Å². The summed E-state index contributed by atoms with van der Waals surface area (Å²) in [6.07, 6.45) is 0. The highest BCUT2D eigenvalue weighted by Gasteiger charge is 2.18. The second-order valence-electron chi connectivity index (χ2n) is 5.56. The van der Waals surface area contributed by atoms with Crippen molar-refractivity contribution in [2.75, 3.05) is 55.6 Å². The zero-order chi connectivity index (χ0) is 16.0. The molecule has 0 amide bonds. The van der Waals surface area contributed by atoms with Crippen LogP contribution in [0.4, 0.5) is 0 Å². The Morgan fingerprint density at radius 3 is 1.86 bits per heavy atom. The first-order chi connectivity index (χ1) is 9.82. The van der Waals surface area contributed by atoms with Gasteiger partial charge in [-0.1, -0.05) is 0 Å². The lowest BCUT2D eigenvalue weighted by molar-refractivity contribution is -0.870. The molecule has 22 heavy (non-hydrogen) atoms. The molecular formula is C15H24INO5. The van der Waals surface area contributed by atoms with E-state index in [1.807, 2.05) is 21.1 Å². The maximum absolute atomic E-state index is 12.1. The number of rotatable bonds is 7. The monoisotopic (exact) mass is 425 g/mol. The maximum atomic E-state index is 12.1. The summed E-state index contributed by atoms with van der Waals surface area (Å²) in [7, 11) is 10.6. The third-order valence-electron chi connectivity index (χ3n) is 2.90. The van der Waals surface area contributed by atoms with Crippen LogP contribution in [-0.2, 0) is 4.74 Å². The van der Waals surface area contributed by atoms with Gasteiger partial charge < -0.3 is 47.4 Å². The molecule has 0 radical (unpaired) electrons. The van der Waals surface area contributed by atoms with Crippen molar-refractivity contribution in [1.82, 2.24) is 0 Å². The molecule has 0 saturated carbocycles. The molecule has 0 N–H and O–H groups in total. The summed E-state index contributed by atoms with van der Waals surface area (Å²) < 4.78 is 21.6. The standard InChI is InChI=1S/C15H24NO5.HI/c1-16(2,3)7-8-21-15(17)11-9-12(18-4)14(20-6)13(10-11)19-5;/h9-10H,7-8H2,1-6H3;1H/q+1;/p-1. The predicted molar refractivity (Wildman–Crippen MR) is 79.3 cm³/mol. The van der Waals surface area contributed by atoms with E-state index in [-0.39, 0.29) is 24.0 Å². The van der Waals surface area contributed by atoms with Gasteiger partial charge in [0.2, 0.25) is 5.75 Å². The van der Waals surface area contributed by atoms with Crippen LogP contribution >= 0.6 is 0 Å². The van der Waals surface area contributed by atoms with Gasteiger partial charge >= 0.3 is 5.97 Å². The normalized spacial score (nSPS) is 10.5. The average Bonchev–Trinajstić information content (AvgIpc) is 2.43. The van der Waals surface area contributed by atoms with Gasteiger partial charge in [-0.2, -0.15) is 0 Å². The zero-order valence-corrected chi connectivity index (χ0v) is 16.1. The summed E-state index contributed by atoms with van der Waals surface area (Å²) in [6, 6.07) is 3.16. The molecule has 0 heterocycles. The first-order valence-electron chi connectivity index (χ1n) is 6.60. The lowest BCUT2D eigenvalue weighted by atomic mass is 10.2. The number of carbonyl (C=O) groups excluding carboxylic acids is 1. The second kappa shape index (κ2) is 9.04. The van der Waals surface area contributed by atoms with Crippen molar-refractivity contribution in [3.63, 3.8) is 0 Å². The highest BCUT2D eigenvalue weighted by molar-refractivity contribution is 5.91. The molecule has 0 aliphatic rings. The van der Waals surface area contributed by atoms with Crippen LogP contribution in [0, 0.1) is 0 Å². The van der Waals surface area contributed by atoms with Gasteiger partial charge in [-0.15, -0.1) is 0 Å². The van der Waals surface area contributed by atoms with Crippen LogP contribution in [-0.4, -0.2) is 66.1 Å². The number of ether oxygens (including phenoxy) is 4. The van der Waals surface area contributed by atoms with E-state index in [9.17, 15) is 4.79 Å². The van der Waals surface area contributed by atoms with E-state index in [1.165, 1.54) is 21.3 Å². The fraction of sp³-hybridized carbons (Fsp3) is 0.533. The third kappa shape index (κ3) is 5.88. The molecule has 0 fully saturated rings. The number of benzene rings is 1. The van der Waals surface area contributed by atoms with Crippen LogP contribution in [0.15, 0.2) is 12.1 Å². The Morgan fingerprint density at radius 2 is 1.50 bits per heavy atom. The molecule has 0 unspecified atom stereocenters. The highest BCUT2D eigenvalue weighted by Crippen LogP contribution is 2.38. The number of methoxy groups -OCH3 is 3. The second-order valence-corrected chi connectivity index (χ2v) is 5.56. The van der Waals surface area contributed by atoms with E-state index in [1.54, 1.807) is 12.1 Å². The summed E-state index contributed by atoms with van der Waals surface area (Å²) in [6.45, 7) is 1.08. The number of likely N-dealkylation sites (N-methyl/N-ethyl adjacent to an activating group) is 1. The van der Waals surface area contributed by atoms with Crippen LogP contribution in [0.1, 0.15) is 10.4 Å². The SMILES string of the molecule is COc1cc(C(=O)OCC[N+](C)(C)C)cc(OC)c1OC.[I-]. The molecule has 0 aromatic heterocycles. The molecular weight excluding hydrogens is 401 g/mol. The molecule has 1 rings (SSSR count). The Hall–Kier alpha value is -1.22. The summed E-state index contributed by atoms with van der Waals surface area (Å²) in [4.78, 5) is 12.1. The topological polar surface area (TPSA) is 54.0 Å². The number of hydrogen-bond donors (Lipinski definition) is 0. The maximum Gasteiger partial charge on any atom is 0.338 e. The molecule has 126 valence electrons. The minimum absolute atomic E-state index is 0. The molecule has 6 nitrogen and oxygen atoms in total. The van der Waals surface area contributed by atoms with Gasteiger partial charge in [-0.05, 0) is 12.1 Å². The number of hydrogen-bond acceptors (Lipinski definition) is 5. The van der Waals surface area contributed by atoms with E-state index in [2.05, 4.69) is 0 Å². The number of esters is 1. The van der Waals surface area contributed by atoms with Gasteiger partial charge in [0, 0.05) is 0 Å². The minimum Gasteiger partial charge on any atom is -1.00 e. The van der Waals surface area contributed by atoms with Gasteiger partial charge in [-0.25, -0.2) is 4.79 Å². The molecule has 1 aromatic carbocycles. The van der Waals surface area contributed by atoms with E-state index >= 15 is 0 Å². The van der Waals surface area contributed by atoms with Crippen LogP contribution in [0.2, 0.25) is 0 Å². The largest absolute Gasteiger partial charge is 1.00 e. The van der Waals surface area contributed by atoms with Gasteiger partial charge in [0.25, 0.3) is 0 Å². The molecule has 0 aliphatic carbocycles. The summed E-state index contributed by atoms with van der Waals surface area (Å²) in [5.74, 6) is 0.886. The van der Waals surface area contributed by atoms with Gasteiger partial charge in [0.15, 0.2) is 11.5 Å². The number of carbonyl (C=O) groups is 1. The average molecular weight is 425 g/mol. The molecule has 0 saturated heterocycles. The quantitative estimate of drug-likeness (QED) is 0.305. The lowest BCUT2D eigenvalue weighted by Crippen LogP contribution is -3.00. The third-order valence-corrected chi connectivity index (χ3v) is 2.90. The Bertz CT molecular complexity index is 474. The number of halogens is 1. The summed E-state index contributed by atoms with van der Waals surface area (Å²) >= 11 is 0. The van der Waals surface area contributed by atoms with E-state index < -0.39 is 5.97 Å². The molecule has 0 atom stereocenters. The van der Waals surface area contributed by atoms with Gasteiger partial charge in [0.05, 0.1) is 48.0 Å². The Labute approximate surface area is 148 Å². The Morgan fingerprint density at radius 1 is 1.00 bits per heavy atom. The van der Waals surface area contributed by atoms with Crippen molar-refractivity contribution in [3.8, 4) is 17.2 Å².